The zero-order valence-corrected chi connectivity index (χ0v) is 18.3. The van der Waals surface area contributed by atoms with Crippen LogP contribution in [0.5, 0.6) is 11.5 Å². The maximum Gasteiger partial charge on any atom is 0.261 e. The fraction of sp³-hybridized carbons (Fsp3) is 0.458. The third-order valence-electron chi connectivity index (χ3n) is 5.08. The summed E-state index contributed by atoms with van der Waals surface area (Å²) < 4.78 is 11.4. The summed E-state index contributed by atoms with van der Waals surface area (Å²) in [5.41, 5.74) is 5.46. The Labute approximate surface area is 169 Å². The van der Waals surface area contributed by atoms with Gasteiger partial charge in [-0.05, 0) is 86.6 Å². The molecule has 0 bridgehead atoms. The van der Waals surface area contributed by atoms with E-state index in [4.69, 9.17) is 9.47 Å². The Bertz CT molecular complexity index is 842. The van der Waals surface area contributed by atoms with Crippen molar-refractivity contribution in [2.75, 3.05) is 7.11 Å². The average Bonchev–Trinajstić information content (AvgIpc) is 2.63. The van der Waals surface area contributed by atoms with Gasteiger partial charge in [-0.25, -0.2) is 0 Å². The number of hydrogen-bond donors (Lipinski definition) is 1. The highest BCUT2D eigenvalue weighted by Crippen LogP contribution is 2.32. The normalized spacial score (nSPS) is 13.2. The van der Waals surface area contributed by atoms with Crippen molar-refractivity contribution in [2.24, 2.45) is 0 Å². The number of hydrogen-bond acceptors (Lipinski definition) is 3. The van der Waals surface area contributed by atoms with Crippen molar-refractivity contribution < 1.29 is 14.3 Å². The lowest BCUT2D eigenvalue weighted by atomic mass is 9.93. The van der Waals surface area contributed by atoms with Crippen molar-refractivity contribution in [3.05, 3.63) is 58.1 Å². The van der Waals surface area contributed by atoms with Crippen molar-refractivity contribution in [3.63, 3.8) is 0 Å². The summed E-state index contributed by atoms with van der Waals surface area (Å²) in [4.78, 5) is 12.7. The molecule has 1 amide bonds. The van der Waals surface area contributed by atoms with Crippen molar-refractivity contribution in [3.8, 4) is 11.5 Å². The predicted octanol–water partition coefficient (Wildman–Crippen LogP) is 5.39. The first-order valence-corrected chi connectivity index (χ1v) is 9.86. The molecule has 0 aliphatic rings. The van der Waals surface area contributed by atoms with Gasteiger partial charge in [-0.2, -0.15) is 0 Å². The molecule has 4 nitrogen and oxygen atoms in total. The number of amides is 1. The van der Waals surface area contributed by atoms with Crippen LogP contribution >= 0.6 is 0 Å². The highest BCUT2D eigenvalue weighted by Gasteiger charge is 2.21. The van der Waals surface area contributed by atoms with Gasteiger partial charge in [0.05, 0.1) is 13.2 Å². The zero-order valence-electron chi connectivity index (χ0n) is 18.3. The van der Waals surface area contributed by atoms with E-state index in [0.29, 0.717) is 5.92 Å². The number of nitrogens with one attached hydrogen (secondary N) is 1. The van der Waals surface area contributed by atoms with Gasteiger partial charge in [-0.1, -0.05) is 26.0 Å². The maximum absolute atomic E-state index is 12.7. The summed E-state index contributed by atoms with van der Waals surface area (Å²) in [5.74, 6) is 1.85. The van der Waals surface area contributed by atoms with Gasteiger partial charge in [0.2, 0.25) is 0 Å². The first-order chi connectivity index (χ1) is 13.1. The molecule has 2 aromatic carbocycles. The second-order valence-corrected chi connectivity index (χ2v) is 7.86. The molecule has 0 heterocycles. The van der Waals surface area contributed by atoms with Crippen LogP contribution in [0.4, 0.5) is 0 Å². The molecule has 2 rings (SSSR count). The molecule has 0 unspecified atom stereocenters. The van der Waals surface area contributed by atoms with Gasteiger partial charge in [0.15, 0.2) is 6.10 Å². The summed E-state index contributed by atoms with van der Waals surface area (Å²) in [6, 6.07) is 10.1. The quantitative estimate of drug-likeness (QED) is 0.697. The molecule has 0 fully saturated rings. The third-order valence-corrected chi connectivity index (χ3v) is 5.08. The Hall–Kier alpha value is -2.49. The number of aryl methyl sites for hydroxylation is 3. The van der Waals surface area contributed by atoms with Crippen LogP contribution in [0.2, 0.25) is 0 Å². The van der Waals surface area contributed by atoms with Crippen LogP contribution in [-0.4, -0.2) is 19.1 Å². The van der Waals surface area contributed by atoms with Gasteiger partial charge in [-0.3, -0.25) is 4.79 Å². The van der Waals surface area contributed by atoms with Gasteiger partial charge in [0, 0.05) is 0 Å². The summed E-state index contributed by atoms with van der Waals surface area (Å²) in [7, 11) is 1.69. The zero-order chi connectivity index (χ0) is 21.0. The number of carbonyl (C=O) groups excluding carboxylic acids is 1. The second kappa shape index (κ2) is 9.13. The number of rotatable bonds is 7. The minimum absolute atomic E-state index is 0.124. The van der Waals surface area contributed by atoms with Crippen molar-refractivity contribution in [1.82, 2.24) is 5.32 Å². The molecule has 0 aliphatic heterocycles. The predicted molar refractivity (Wildman–Crippen MR) is 114 cm³/mol. The minimum Gasteiger partial charge on any atom is -0.496 e. The molecule has 2 aromatic rings. The molecule has 4 heteroatoms. The van der Waals surface area contributed by atoms with E-state index >= 15 is 0 Å². The van der Waals surface area contributed by atoms with E-state index in [-0.39, 0.29) is 11.9 Å². The molecule has 0 spiro atoms. The van der Waals surface area contributed by atoms with Crippen LogP contribution in [-0.2, 0) is 4.79 Å². The smallest absolute Gasteiger partial charge is 0.261 e. The van der Waals surface area contributed by atoms with E-state index in [1.165, 1.54) is 0 Å². The average molecular weight is 384 g/mol. The van der Waals surface area contributed by atoms with Crippen LogP contribution < -0.4 is 14.8 Å². The standard InChI is InChI=1S/C24H33NO3/c1-14(2)20-13-21(17(5)12-23(20)27-8)18(6)25-24(26)19(7)28-22-11-15(3)9-10-16(22)4/h9-14,18-19H,1-8H3,(H,25,26)/t18-,19-/m0/s1. The largest absolute Gasteiger partial charge is 0.496 e. The van der Waals surface area contributed by atoms with Crippen LogP contribution in [0.25, 0.3) is 0 Å². The first kappa shape index (κ1) is 21.8. The van der Waals surface area contributed by atoms with E-state index in [1.807, 2.05) is 52.0 Å². The fourth-order valence-corrected chi connectivity index (χ4v) is 3.30. The summed E-state index contributed by atoms with van der Waals surface area (Å²) in [6.07, 6.45) is -0.578. The Morgan fingerprint density at radius 3 is 2.18 bits per heavy atom. The Balaban J connectivity index is 2.15. The summed E-state index contributed by atoms with van der Waals surface area (Å²) in [5, 5.41) is 3.09. The summed E-state index contributed by atoms with van der Waals surface area (Å²) in [6.45, 7) is 14.1. The van der Waals surface area contributed by atoms with E-state index < -0.39 is 6.10 Å². The van der Waals surface area contributed by atoms with Crippen LogP contribution in [0.15, 0.2) is 30.3 Å². The Morgan fingerprint density at radius 2 is 1.57 bits per heavy atom. The van der Waals surface area contributed by atoms with Gasteiger partial charge in [0.1, 0.15) is 11.5 Å². The first-order valence-electron chi connectivity index (χ1n) is 9.86. The fourth-order valence-electron chi connectivity index (χ4n) is 3.30. The number of ether oxygens (including phenoxy) is 2. The number of methoxy groups -OCH3 is 1. The molecule has 1 N–H and O–H groups in total. The maximum atomic E-state index is 12.7. The molecule has 0 aliphatic carbocycles. The van der Waals surface area contributed by atoms with E-state index in [9.17, 15) is 4.79 Å². The van der Waals surface area contributed by atoms with Crippen LogP contribution in [0.1, 0.15) is 67.5 Å². The number of carbonyl (C=O) groups is 1. The molecular formula is C24H33NO3. The van der Waals surface area contributed by atoms with Crippen LogP contribution in [0.3, 0.4) is 0 Å². The highest BCUT2D eigenvalue weighted by atomic mass is 16.5. The Morgan fingerprint density at radius 1 is 0.893 bits per heavy atom. The van der Waals surface area contributed by atoms with Crippen molar-refractivity contribution in [1.29, 1.82) is 0 Å². The van der Waals surface area contributed by atoms with E-state index in [1.54, 1.807) is 14.0 Å². The topological polar surface area (TPSA) is 47.6 Å². The SMILES string of the molecule is COc1cc(C)c([C@H](C)NC(=O)[C@H](C)Oc2cc(C)ccc2C)cc1C(C)C. The third kappa shape index (κ3) is 5.06. The molecule has 152 valence electrons. The lowest BCUT2D eigenvalue weighted by Gasteiger charge is -2.23. The van der Waals surface area contributed by atoms with Gasteiger partial charge >= 0.3 is 0 Å². The van der Waals surface area contributed by atoms with Crippen molar-refractivity contribution in [2.45, 2.75) is 66.5 Å². The summed E-state index contributed by atoms with van der Waals surface area (Å²) >= 11 is 0. The molecule has 0 aromatic heterocycles. The van der Waals surface area contributed by atoms with Crippen molar-refractivity contribution >= 4 is 5.91 Å². The highest BCUT2D eigenvalue weighted by molar-refractivity contribution is 5.81. The van der Waals surface area contributed by atoms with Gasteiger partial charge in [-0.15, -0.1) is 0 Å². The molecule has 28 heavy (non-hydrogen) atoms. The monoisotopic (exact) mass is 383 g/mol. The minimum atomic E-state index is -0.578. The lowest BCUT2D eigenvalue weighted by Crippen LogP contribution is -2.38. The van der Waals surface area contributed by atoms with Gasteiger partial charge < -0.3 is 14.8 Å². The Kier molecular flexibility index (Phi) is 7.11. The molecule has 2 atom stereocenters. The number of benzene rings is 2. The second-order valence-electron chi connectivity index (χ2n) is 7.86. The molecule has 0 saturated heterocycles. The molecular weight excluding hydrogens is 350 g/mol. The van der Waals surface area contributed by atoms with E-state index in [0.717, 1.165) is 39.3 Å². The molecule has 0 saturated carbocycles. The van der Waals surface area contributed by atoms with Crippen LogP contribution in [0, 0.1) is 20.8 Å². The lowest BCUT2D eigenvalue weighted by molar-refractivity contribution is -0.127. The van der Waals surface area contributed by atoms with Gasteiger partial charge in [0.25, 0.3) is 5.91 Å². The van der Waals surface area contributed by atoms with E-state index in [2.05, 4.69) is 25.2 Å². The molecule has 0 radical (unpaired) electrons.